The Morgan fingerprint density at radius 3 is 2.14 bits per heavy atom. The van der Waals surface area contributed by atoms with Crippen LogP contribution in [-0.4, -0.2) is 158 Å². The van der Waals surface area contributed by atoms with Crippen molar-refractivity contribution in [3.63, 3.8) is 0 Å². The van der Waals surface area contributed by atoms with Crippen molar-refractivity contribution in [3.05, 3.63) is 10.4 Å². The van der Waals surface area contributed by atoms with Crippen molar-refractivity contribution in [3.8, 4) is 0 Å². The molecule has 0 bridgehead atoms. The zero-order valence-electron chi connectivity index (χ0n) is 22.7. The van der Waals surface area contributed by atoms with Gasteiger partial charge in [0.05, 0.1) is 19.9 Å². The summed E-state index contributed by atoms with van der Waals surface area (Å²) in [6, 6.07) is -0.906. The molecule has 0 unspecified atom stereocenters. The van der Waals surface area contributed by atoms with Gasteiger partial charge in [-0.3, -0.25) is 14.6 Å². The van der Waals surface area contributed by atoms with E-state index in [9.17, 15) is 39.9 Å². The molecular weight excluding hydrogens is 580 g/mol. The molecule has 5 aliphatic rings. The number of guanidine groups is 1. The molecule has 0 saturated carbocycles. The van der Waals surface area contributed by atoms with Crippen LogP contribution in [0.1, 0.15) is 0 Å². The lowest BCUT2D eigenvalue weighted by molar-refractivity contribution is -0.111. The smallest absolute Gasteiger partial charge is 0.352 e. The first-order valence-electron chi connectivity index (χ1n) is 12.9. The average Bonchev–Trinajstić information content (AvgIpc) is 3.66. The van der Waals surface area contributed by atoms with E-state index in [0.717, 1.165) is 4.90 Å². The number of anilines is 3. The second-order valence-electron chi connectivity index (χ2n) is 9.93. The molecule has 6 heterocycles. The summed E-state index contributed by atoms with van der Waals surface area (Å²) < 4.78 is 10.7. The fraction of sp³-hybridized carbons (Fsp3) is 0.591. The van der Waals surface area contributed by atoms with Crippen molar-refractivity contribution >= 4 is 46.9 Å². The number of rotatable bonds is 5. The first-order valence-corrected chi connectivity index (χ1v) is 12.9. The number of amidine groups is 1. The zero-order chi connectivity index (χ0) is 31.3. The summed E-state index contributed by atoms with van der Waals surface area (Å²) in [6.07, 6.45) is -9.50. The number of fused-ring (bicyclic) bond motifs is 2. The van der Waals surface area contributed by atoms with Crippen molar-refractivity contribution in [2.45, 2.75) is 49.1 Å². The minimum Gasteiger partial charge on any atom is -0.394 e. The van der Waals surface area contributed by atoms with Crippen LogP contribution in [0.2, 0.25) is 0 Å². The van der Waals surface area contributed by atoms with Gasteiger partial charge < -0.3 is 61.0 Å². The molecule has 21 nitrogen and oxygen atoms in total. The summed E-state index contributed by atoms with van der Waals surface area (Å²) in [4.78, 5) is 57.2. The van der Waals surface area contributed by atoms with Gasteiger partial charge in [-0.25, -0.2) is 9.69 Å². The van der Waals surface area contributed by atoms with E-state index in [-0.39, 0.29) is 35.7 Å². The Hall–Kier alpha value is -4.09. The van der Waals surface area contributed by atoms with Gasteiger partial charge in [-0.05, 0) is 0 Å². The highest BCUT2D eigenvalue weighted by Gasteiger charge is 2.52. The highest BCUT2D eigenvalue weighted by Crippen LogP contribution is 2.36. The lowest BCUT2D eigenvalue weighted by Gasteiger charge is -2.27. The highest BCUT2D eigenvalue weighted by atomic mass is 16.6. The molecule has 2 fully saturated rings. The normalized spacial score (nSPS) is 33.1. The van der Waals surface area contributed by atoms with Crippen LogP contribution in [0, 0.1) is 0 Å². The Bertz CT molecular complexity index is 1450. The lowest BCUT2D eigenvalue weighted by atomic mass is 10.1. The molecule has 8 atom stereocenters. The molecule has 0 radical (unpaired) electrons. The first kappa shape index (κ1) is 30.4. The number of hydrogen-bond donors (Lipinski definition) is 9. The second-order valence-corrected chi connectivity index (χ2v) is 9.93. The molecule has 6 rings (SSSR count). The highest BCUT2D eigenvalue weighted by molar-refractivity contribution is 6.72. The van der Waals surface area contributed by atoms with Crippen molar-refractivity contribution in [1.29, 1.82) is 0 Å². The number of aliphatic hydroxyl groups excluding tert-OH is 6. The van der Waals surface area contributed by atoms with E-state index in [1.54, 1.807) is 23.9 Å². The number of amides is 3. The van der Waals surface area contributed by atoms with Gasteiger partial charge in [-0.1, -0.05) is 0 Å². The third-order valence-electron chi connectivity index (χ3n) is 7.22. The zero-order valence-corrected chi connectivity index (χ0v) is 22.7. The van der Waals surface area contributed by atoms with Crippen LogP contribution in [0.3, 0.4) is 0 Å². The summed E-state index contributed by atoms with van der Waals surface area (Å²) in [7, 11) is 3.34. The van der Waals surface area contributed by atoms with Crippen LogP contribution in [0.15, 0.2) is 19.8 Å². The molecule has 234 valence electrons. The van der Waals surface area contributed by atoms with E-state index < -0.39 is 74.2 Å². The number of aliphatic hydroxyl groups is 6. The minimum absolute atomic E-state index is 0.202. The minimum atomic E-state index is -1.50. The van der Waals surface area contributed by atoms with Crippen LogP contribution in [0.25, 0.3) is 0 Å². The number of nitrogens with one attached hydrogen (secondary N) is 2. The first-order chi connectivity index (χ1) is 20.4. The standard InChI is InChI=1S/C12H19N5O5.C10H11N5O6/c1-13-12-14-9-6(10(21)15-12)16(2)4-17(9)11-8(20)7(19)5(3-18)22-11;11-9-13-6-3(7(19)14-9)12-10(20)15(6)8-5(18)4(17)2(1-16)21-8/h5,7-8,11,18-20H,3-4H2,1-2H3,(H2,13,14,15,21);2,4-5,8,16-18H,1H2,(H2,11,14,19)/t5-,7-,8-,11-;2-,4-,5-,8-/m11/s1. The van der Waals surface area contributed by atoms with Crippen molar-refractivity contribution in [2.75, 3.05) is 49.1 Å². The number of nitrogens with zero attached hydrogens (tertiary/aromatic N) is 7. The van der Waals surface area contributed by atoms with Crippen molar-refractivity contribution < 1.29 is 49.7 Å². The van der Waals surface area contributed by atoms with E-state index in [0.29, 0.717) is 11.5 Å². The molecule has 5 aliphatic heterocycles. The predicted molar refractivity (Wildman–Crippen MR) is 144 cm³/mol. The molecule has 1 aromatic rings. The van der Waals surface area contributed by atoms with Crippen molar-refractivity contribution in [1.82, 2.24) is 14.9 Å². The number of hydrogen-bond acceptors (Lipinski definition) is 17. The lowest BCUT2D eigenvalue weighted by Crippen LogP contribution is -2.50. The summed E-state index contributed by atoms with van der Waals surface area (Å²) in [5.41, 5.74) is 5.09. The van der Waals surface area contributed by atoms with Gasteiger partial charge in [0.2, 0.25) is 11.9 Å². The van der Waals surface area contributed by atoms with Crippen LogP contribution < -0.4 is 26.4 Å². The third kappa shape index (κ3) is 5.10. The number of H-pyrrole nitrogens is 1. The van der Waals surface area contributed by atoms with E-state index in [1.807, 2.05) is 0 Å². The number of ether oxygens (including phenoxy) is 2. The number of aromatic amines is 1. The molecule has 43 heavy (non-hydrogen) atoms. The molecule has 0 aromatic carbocycles. The molecule has 21 heteroatoms. The average molecular weight is 611 g/mol. The third-order valence-corrected chi connectivity index (χ3v) is 7.22. The molecule has 0 aliphatic carbocycles. The summed E-state index contributed by atoms with van der Waals surface area (Å²) in [6.45, 7) is -0.694. The van der Waals surface area contributed by atoms with Gasteiger partial charge in [-0.15, -0.1) is 0 Å². The van der Waals surface area contributed by atoms with Gasteiger partial charge in [-0.2, -0.15) is 20.0 Å². The fourth-order valence-corrected chi connectivity index (χ4v) is 5.09. The fourth-order valence-electron chi connectivity index (χ4n) is 5.09. The predicted octanol–water partition coefficient (Wildman–Crippen LogP) is -5.98. The van der Waals surface area contributed by atoms with E-state index in [4.69, 9.17) is 20.3 Å². The molecule has 2 saturated heterocycles. The Labute approximate surface area is 241 Å². The van der Waals surface area contributed by atoms with Crippen molar-refractivity contribution in [2.24, 2.45) is 20.7 Å². The summed E-state index contributed by atoms with van der Waals surface area (Å²) in [5, 5.41) is 60.7. The number of aliphatic imine (C=N–C) groups is 3. The number of carbonyl (C=O) groups excluding carboxylic acids is 2. The number of urea groups is 1. The van der Waals surface area contributed by atoms with Crippen LogP contribution >= 0.6 is 0 Å². The topological polar surface area (TPSA) is 305 Å². The maximum absolute atomic E-state index is 12.1. The Morgan fingerprint density at radius 1 is 0.953 bits per heavy atom. The largest absolute Gasteiger partial charge is 0.394 e. The number of aromatic nitrogens is 2. The summed E-state index contributed by atoms with van der Waals surface area (Å²) in [5.74, 6) is -0.756. The molecule has 0 spiro atoms. The second kappa shape index (κ2) is 11.5. The van der Waals surface area contributed by atoms with Gasteiger partial charge in [0.15, 0.2) is 29.8 Å². The Balaban J connectivity index is 0.000000171. The number of nitrogens with two attached hydrogens (primary N) is 1. The SMILES string of the molecule is CNc1nc2c(c(=O)[nH]1)N(C)CN2[C@@H]1O[C@H](CO)[C@@H](O)[C@H]1O.NC1=NC(=O)C2=NC(=O)N([C@@H]3O[C@H](CO)[C@@H](O)[C@H]3O)C2=N1. The van der Waals surface area contributed by atoms with Gasteiger partial charge in [0.1, 0.15) is 42.3 Å². The maximum atomic E-state index is 12.1. The van der Waals surface area contributed by atoms with Crippen LogP contribution in [0.4, 0.5) is 22.2 Å². The molecular formula is C22H30N10O11. The molecule has 3 amide bonds. The van der Waals surface area contributed by atoms with E-state index in [1.165, 1.54) is 0 Å². The van der Waals surface area contributed by atoms with E-state index in [2.05, 4.69) is 30.3 Å². The molecule has 1 aromatic heterocycles. The Morgan fingerprint density at radius 2 is 1.56 bits per heavy atom. The van der Waals surface area contributed by atoms with Crippen LogP contribution in [-0.2, 0) is 14.3 Å². The number of carbonyl (C=O) groups is 2. The maximum Gasteiger partial charge on any atom is 0.352 e. The quantitative estimate of drug-likeness (QED) is 0.150. The van der Waals surface area contributed by atoms with Gasteiger partial charge >= 0.3 is 11.9 Å². The van der Waals surface area contributed by atoms with Gasteiger partial charge in [0, 0.05) is 14.1 Å². The Kier molecular flexibility index (Phi) is 8.15. The van der Waals surface area contributed by atoms with E-state index >= 15 is 0 Å². The summed E-state index contributed by atoms with van der Waals surface area (Å²) >= 11 is 0. The van der Waals surface area contributed by atoms with Crippen LogP contribution in [0.5, 0.6) is 0 Å². The monoisotopic (exact) mass is 610 g/mol. The molecule has 10 N–H and O–H groups in total. The van der Waals surface area contributed by atoms with Gasteiger partial charge in [0.25, 0.3) is 5.56 Å².